The molecule has 0 radical (unpaired) electrons. The summed E-state index contributed by atoms with van der Waals surface area (Å²) in [5.74, 6) is -1.67. The van der Waals surface area contributed by atoms with Gasteiger partial charge in [0.2, 0.25) is 0 Å². The van der Waals surface area contributed by atoms with Crippen molar-refractivity contribution < 1.29 is 27.9 Å². The summed E-state index contributed by atoms with van der Waals surface area (Å²) in [7, 11) is 1.35. The minimum absolute atomic E-state index is 0.360. The van der Waals surface area contributed by atoms with Crippen molar-refractivity contribution in [3.8, 4) is 0 Å². The lowest BCUT2D eigenvalue weighted by atomic mass is 10.2. The minimum atomic E-state index is -2.04. The molecule has 7 rings (SSSR count). The lowest BCUT2D eigenvalue weighted by molar-refractivity contribution is 0.0601. The molecule has 13 nitrogen and oxygen atoms in total. The van der Waals surface area contributed by atoms with Crippen LogP contribution >= 0.6 is 96.3 Å². The van der Waals surface area contributed by atoms with Crippen LogP contribution < -0.4 is 28.5 Å². The first-order valence-corrected chi connectivity index (χ1v) is 21.4. The average molecular weight is 997 g/mol. The Kier molecular flexibility index (Phi) is 18.9. The van der Waals surface area contributed by atoms with Crippen LogP contribution in [0.1, 0.15) is 38.2 Å². The van der Waals surface area contributed by atoms with Gasteiger partial charge in [0, 0.05) is 16.9 Å². The van der Waals surface area contributed by atoms with E-state index in [0.717, 1.165) is 27.6 Å². The molecule has 58 heavy (non-hydrogen) atoms. The minimum Gasteiger partial charge on any atom is -0.465 e. The van der Waals surface area contributed by atoms with Crippen molar-refractivity contribution in [2.45, 2.75) is 36.6 Å². The maximum atomic E-state index is 11.9. The Hall–Kier alpha value is -4.20. The smallest absolute Gasteiger partial charge is 0.423 e. The van der Waals surface area contributed by atoms with Gasteiger partial charge in [-0.3, -0.25) is 9.55 Å². The third-order valence-electron chi connectivity index (χ3n) is 7.15. The number of fused-ring (bicyclic) bond motifs is 2. The number of aryl methyl sites for hydroxylation is 3. The Labute approximate surface area is 369 Å². The van der Waals surface area contributed by atoms with Gasteiger partial charge in [0.05, 0.1) is 30.0 Å². The molecular weight excluding hydrogens is 964 g/mol. The van der Waals surface area contributed by atoms with Crippen molar-refractivity contribution in [2.75, 3.05) is 12.8 Å². The standard InChI is InChI=1S/C14H11NO3S.C7H7Br.C7H5NO3S.C7H9NO2S.C2Cl4O2/c1-9-8-19-12-11(9)13(16)18-14(17)15(12)7-10-5-3-2-4-6-10;8-6-7-4-2-1-3-5-7;1-3-2-12-5-4(3)6(9)11-7(10)8-5;1-4-3-11-6(8)5(4)7(9)10-2;3-1(7)8-2(4,5)6/h2-6,8H,7H2,1H3;1-5H,6H2;2H,1H3,(H,8,10);3H,8H2,1-2H3;. The fourth-order valence-corrected chi connectivity index (χ4v) is 8.13. The molecule has 0 amide bonds. The van der Waals surface area contributed by atoms with Crippen LogP contribution in [-0.2, 0) is 21.3 Å². The van der Waals surface area contributed by atoms with E-state index in [9.17, 15) is 28.8 Å². The van der Waals surface area contributed by atoms with Gasteiger partial charge < -0.3 is 24.0 Å². The zero-order chi connectivity index (χ0) is 43.2. The molecule has 0 aliphatic carbocycles. The number of H-pyrrole nitrogens is 1. The Balaban J connectivity index is 0.000000203. The highest BCUT2D eigenvalue weighted by atomic mass is 79.9. The van der Waals surface area contributed by atoms with E-state index in [1.54, 1.807) is 12.3 Å². The number of hydrogen-bond acceptors (Lipinski definition) is 14. The van der Waals surface area contributed by atoms with Crippen LogP contribution in [0.4, 0.5) is 9.80 Å². The first-order valence-electron chi connectivity index (χ1n) is 16.1. The van der Waals surface area contributed by atoms with Gasteiger partial charge >= 0.3 is 38.1 Å². The van der Waals surface area contributed by atoms with Crippen LogP contribution in [0.15, 0.2) is 105 Å². The molecule has 0 atom stereocenters. The van der Waals surface area contributed by atoms with Crippen LogP contribution in [0.2, 0.25) is 0 Å². The summed E-state index contributed by atoms with van der Waals surface area (Å²) in [4.78, 5) is 69.8. The Morgan fingerprint density at radius 2 is 1.34 bits per heavy atom. The van der Waals surface area contributed by atoms with E-state index >= 15 is 0 Å². The monoisotopic (exact) mass is 993 g/mol. The first-order chi connectivity index (χ1) is 27.4. The molecule has 0 bridgehead atoms. The highest BCUT2D eigenvalue weighted by Gasteiger charge is 2.23. The molecule has 0 spiro atoms. The summed E-state index contributed by atoms with van der Waals surface area (Å²) in [6.07, 6.45) is 0. The number of nitrogens with two attached hydrogens (primary N) is 1. The number of hydrogen-bond donors (Lipinski definition) is 2. The third kappa shape index (κ3) is 14.6. The molecule has 0 fully saturated rings. The van der Waals surface area contributed by atoms with Crippen LogP contribution in [0.5, 0.6) is 0 Å². The number of aromatic nitrogens is 2. The van der Waals surface area contributed by atoms with Crippen molar-refractivity contribution in [1.82, 2.24) is 9.55 Å². The predicted molar refractivity (Wildman–Crippen MR) is 237 cm³/mol. The highest BCUT2D eigenvalue weighted by molar-refractivity contribution is 9.08. The summed E-state index contributed by atoms with van der Waals surface area (Å²) < 4.78 is 17.0. The van der Waals surface area contributed by atoms with E-state index in [4.69, 9.17) is 45.0 Å². The van der Waals surface area contributed by atoms with Gasteiger partial charge in [-0.25, -0.2) is 28.8 Å². The average Bonchev–Trinajstić information content (AvgIpc) is 3.85. The van der Waals surface area contributed by atoms with Gasteiger partial charge in [0.1, 0.15) is 14.7 Å². The zero-order valence-corrected chi connectivity index (χ0v) is 37.7. The van der Waals surface area contributed by atoms with Crippen LogP contribution in [0, 0.1) is 20.8 Å². The van der Waals surface area contributed by atoms with Crippen LogP contribution in [0.3, 0.4) is 0 Å². The fraction of sp³-hybridized carbons (Fsp3) is 0.189. The number of carbonyl (C=O) groups is 2. The van der Waals surface area contributed by atoms with E-state index in [1.165, 1.54) is 51.3 Å². The third-order valence-corrected chi connectivity index (χ3v) is 11.2. The second-order valence-corrected chi connectivity index (χ2v) is 17.0. The van der Waals surface area contributed by atoms with Crippen LogP contribution in [0.25, 0.3) is 20.4 Å². The number of anilines is 1. The number of nitrogens with zero attached hydrogens (tertiary/aromatic N) is 1. The number of thiophene rings is 3. The number of esters is 1. The van der Waals surface area contributed by atoms with Gasteiger partial charge in [-0.1, -0.05) is 76.6 Å². The van der Waals surface area contributed by atoms with Crippen molar-refractivity contribution in [3.05, 3.63) is 152 Å². The predicted octanol–water partition coefficient (Wildman–Crippen LogP) is 9.92. The van der Waals surface area contributed by atoms with Gasteiger partial charge in [-0.05, 0) is 99.5 Å². The number of halogens is 5. The first kappa shape index (κ1) is 48.2. The molecule has 7 aromatic rings. The van der Waals surface area contributed by atoms with E-state index in [2.05, 4.69) is 58.5 Å². The van der Waals surface area contributed by atoms with Crippen LogP contribution in [-0.4, -0.2) is 32.0 Å². The van der Waals surface area contributed by atoms with E-state index in [1.807, 2.05) is 73.1 Å². The summed E-state index contributed by atoms with van der Waals surface area (Å²) in [6.45, 7) is 5.88. The lowest BCUT2D eigenvalue weighted by Gasteiger charge is -2.06. The number of methoxy groups -OCH3 is 1. The summed E-state index contributed by atoms with van der Waals surface area (Å²) in [6, 6.07) is 19.9. The van der Waals surface area contributed by atoms with Crippen molar-refractivity contribution in [3.63, 3.8) is 0 Å². The molecular formula is C37H32BrCl4N3O10S3. The van der Waals surface area contributed by atoms with E-state index in [0.29, 0.717) is 37.5 Å². The molecule has 21 heteroatoms. The van der Waals surface area contributed by atoms with Gasteiger partial charge in [-0.2, -0.15) is 0 Å². The molecule has 0 saturated carbocycles. The van der Waals surface area contributed by atoms with Gasteiger partial charge in [0.15, 0.2) is 0 Å². The number of aromatic amines is 1. The number of rotatable bonds is 4. The Morgan fingerprint density at radius 3 is 1.83 bits per heavy atom. The summed E-state index contributed by atoms with van der Waals surface area (Å²) in [5, 5.41) is 7.95. The maximum absolute atomic E-state index is 11.9. The van der Waals surface area contributed by atoms with Gasteiger partial charge in [-0.15, -0.1) is 34.0 Å². The molecule has 0 aliphatic heterocycles. The molecule has 0 aliphatic rings. The molecule has 5 heterocycles. The summed E-state index contributed by atoms with van der Waals surface area (Å²) >= 11 is 26.9. The Bertz CT molecular complexity index is 2670. The van der Waals surface area contributed by atoms with Crippen molar-refractivity contribution in [1.29, 1.82) is 0 Å². The second-order valence-electron chi connectivity index (χ2n) is 11.3. The summed E-state index contributed by atoms with van der Waals surface area (Å²) in [5.41, 5.74) is 8.64. The molecule has 3 N–H and O–H groups in total. The zero-order valence-electron chi connectivity index (χ0n) is 30.6. The van der Waals surface area contributed by atoms with Crippen molar-refractivity contribution >= 4 is 133 Å². The topological polar surface area (TPSA) is 194 Å². The molecule has 308 valence electrons. The molecule has 0 unspecified atom stereocenters. The number of nitrogens with one attached hydrogen (secondary N) is 1. The fourth-order valence-electron chi connectivity index (χ4n) is 4.58. The van der Waals surface area contributed by atoms with Crippen molar-refractivity contribution in [2.24, 2.45) is 0 Å². The second kappa shape index (κ2) is 22.8. The molecule has 5 aromatic heterocycles. The van der Waals surface area contributed by atoms with E-state index < -0.39 is 32.2 Å². The Morgan fingerprint density at radius 1 is 0.810 bits per heavy atom. The number of ether oxygens (including phenoxy) is 2. The number of alkyl halides is 4. The van der Waals surface area contributed by atoms with E-state index in [-0.39, 0.29) is 5.97 Å². The highest BCUT2D eigenvalue weighted by Crippen LogP contribution is 2.28. The lowest BCUT2D eigenvalue weighted by Crippen LogP contribution is -2.24. The largest absolute Gasteiger partial charge is 0.465 e. The quantitative estimate of drug-likeness (QED) is 0.0968. The number of benzene rings is 2. The molecule has 2 aromatic carbocycles. The maximum Gasteiger partial charge on any atom is 0.423 e. The number of nitrogen functional groups attached to an aromatic ring is 1. The number of carbonyl (C=O) groups excluding carboxylic acids is 2. The SMILES string of the molecule is BrCc1ccccc1.COC(=O)c1c(C)csc1N.Cc1csc2[nH]c(=O)oc(=O)c12.Cc1csc2c1c(=O)oc(=O)n2Cc1ccccc1.O=C(Cl)OC(Cl)(Cl)Cl. The molecule has 0 saturated heterocycles. The van der Waals surface area contributed by atoms with Gasteiger partial charge in [0.25, 0.3) is 0 Å². The normalized spacial score (nSPS) is 10.4.